The number of amides is 1. The fraction of sp³-hybridized carbons (Fsp3) is 0.588. The summed E-state index contributed by atoms with van der Waals surface area (Å²) in [6, 6.07) is 8.67. The van der Waals surface area contributed by atoms with Crippen LogP contribution in [0.15, 0.2) is 24.3 Å². The lowest BCUT2D eigenvalue weighted by Gasteiger charge is -2.35. The Kier molecular flexibility index (Phi) is 5.62. The van der Waals surface area contributed by atoms with Gasteiger partial charge in [-0.05, 0) is 30.5 Å². The third-order valence-electron chi connectivity index (χ3n) is 4.10. The number of carbonyl (C=O) groups is 1. The van der Waals surface area contributed by atoms with Gasteiger partial charge in [0.1, 0.15) is 0 Å². The number of hydrogen-bond acceptors (Lipinski definition) is 3. The lowest BCUT2D eigenvalue weighted by molar-refractivity contribution is -0.139. The van der Waals surface area contributed by atoms with Crippen molar-refractivity contribution in [3.63, 3.8) is 0 Å². The van der Waals surface area contributed by atoms with Crippen LogP contribution in [0.4, 0.5) is 5.69 Å². The Balaban J connectivity index is 1.88. The van der Waals surface area contributed by atoms with Crippen molar-refractivity contribution < 1.29 is 9.53 Å². The second-order valence-electron chi connectivity index (χ2n) is 5.78. The van der Waals surface area contributed by atoms with E-state index >= 15 is 0 Å². The zero-order valence-electron chi connectivity index (χ0n) is 13.3. The first-order chi connectivity index (χ1) is 10.1. The number of aryl methyl sites for hydroxylation is 1. The molecule has 1 saturated heterocycles. The Morgan fingerprint density at radius 3 is 2.67 bits per heavy atom. The molecule has 0 spiro atoms. The minimum atomic E-state index is 0.252. The molecular formula is C17H26N2O2. The van der Waals surface area contributed by atoms with Crippen molar-refractivity contribution in [1.29, 1.82) is 0 Å². The standard InChI is InChI=1S/C17H26N2O2/c1-4-15-13-21-12-11-19(15)17(20)10-7-14-5-8-16(9-6-14)18(2)3/h5-6,8-9,15H,4,7,10-13H2,1-3H3/t15-/m0/s1. The molecule has 1 amide bonds. The van der Waals surface area contributed by atoms with E-state index in [9.17, 15) is 4.79 Å². The smallest absolute Gasteiger partial charge is 0.223 e. The van der Waals surface area contributed by atoms with E-state index in [1.54, 1.807) is 0 Å². The van der Waals surface area contributed by atoms with Gasteiger partial charge in [-0.25, -0.2) is 0 Å². The van der Waals surface area contributed by atoms with E-state index in [1.165, 1.54) is 11.3 Å². The molecule has 1 aromatic carbocycles. The fourth-order valence-electron chi connectivity index (χ4n) is 2.68. The normalized spacial score (nSPS) is 18.6. The molecule has 0 N–H and O–H groups in total. The molecule has 21 heavy (non-hydrogen) atoms. The van der Waals surface area contributed by atoms with Gasteiger partial charge in [0.2, 0.25) is 5.91 Å². The van der Waals surface area contributed by atoms with Crippen LogP contribution in [0.3, 0.4) is 0 Å². The Morgan fingerprint density at radius 1 is 1.33 bits per heavy atom. The lowest BCUT2D eigenvalue weighted by Crippen LogP contribution is -2.48. The molecule has 0 aromatic heterocycles. The molecular weight excluding hydrogens is 264 g/mol. The maximum atomic E-state index is 12.4. The van der Waals surface area contributed by atoms with Crippen molar-refractivity contribution in [1.82, 2.24) is 4.90 Å². The van der Waals surface area contributed by atoms with Gasteiger partial charge in [-0.2, -0.15) is 0 Å². The Labute approximate surface area is 127 Å². The summed E-state index contributed by atoms with van der Waals surface area (Å²) < 4.78 is 5.45. The van der Waals surface area contributed by atoms with Crippen LogP contribution in [-0.2, 0) is 16.0 Å². The molecule has 0 saturated carbocycles. The second-order valence-corrected chi connectivity index (χ2v) is 5.78. The largest absolute Gasteiger partial charge is 0.378 e. The van der Waals surface area contributed by atoms with Gasteiger partial charge >= 0.3 is 0 Å². The number of hydrogen-bond donors (Lipinski definition) is 0. The van der Waals surface area contributed by atoms with E-state index in [1.807, 2.05) is 19.0 Å². The first-order valence-electron chi connectivity index (χ1n) is 7.75. The van der Waals surface area contributed by atoms with Crippen LogP contribution in [0.2, 0.25) is 0 Å². The number of morpholine rings is 1. The molecule has 0 bridgehead atoms. The van der Waals surface area contributed by atoms with Gasteiger partial charge in [-0.15, -0.1) is 0 Å². The van der Waals surface area contributed by atoms with Gasteiger partial charge in [-0.3, -0.25) is 4.79 Å². The maximum Gasteiger partial charge on any atom is 0.223 e. The molecule has 0 unspecified atom stereocenters. The Bertz CT molecular complexity index is 456. The van der Waals surface area contributed by atoms with E-state index < -0.39 is 0 Å². The summed E-state index contributed by atoms with van der Waals surface area (Å²) in [6.45, 7) is 4.19. The van der Waals surface area contributed by atoms with E-state index in [4.69, 9.17) is 4.74 Å². The van der Waals surface area contributed by atoms with E-state index in [2.05, 4.69) is 36.1 Å². The average Bonchev–Trinajstić information content (AvgIpc) is 2.52. The van der Waals surface area contributed by atoms with Gasteiger partial charge in [0.25, 0.3) is 0 Å². The highest BCUT2D eigenvalue weighted by Gasteiger charge is 2.25. The number of nitrogens with zero attached hydrogens (tertiary/aromatic N) is 2. The topological polar surface area (TPSA) is 32.8 Å². The molecule has 1 fully saturated rings. The first kappa shape index (κ1) is 15.8. The molecule has 1 aliphatic rings. The third kappa shape index (κ3) is 4.21. The summed E-state index contributed by atoms with van der Waals surface area (Å²) >= 11 is 0. The van der Waals surface area contributed by atoms with Gasteiger partial charge in [0.15, 0.2) is 0 Å². The molecule has 4 nitrogen and oxygen atoms in total. The quantitative estimate of drug-likeness (QED) is 0.834. The Hall–Kier alpha value is -1.55. The molecule has 1 atom stereocenters. The summed E-state index contributed by atoms with van der Waals surface area (Å²) in [5.74, 6) is 0.252. The van der Waals surface area contributed by atoms with Crippen LogP contribution in [0.25, 0.3) is 0 Å². The Morgan fingerprint density at radius 2 is 2.05 bits per heavy atom. The SMILES string of the molecule is CC[C@H]1COCCN1C(=O)CCc1ccc(N(C)C)cc1. The van der Waals surface area contributed by atoms with Crippen LogP contribution in [-0.4, -0.2) is 50.7 Å². The van der Waals surface area contributed by atoms with Gasteiger partial charge in [-0.1, -0.05) is 19.1 Å². The molecule has 2 rings (SSSR count). The van der Waals surface area contributed by atoms with Gasteiger partial charge in [0.05, 0.1) is 19.3 Å². The summed E-state index contributed by atoms with van der Waals surface area (Å²) in [5, 5.41) is 0. The summed E-state index contributed by atoms with van der Waals surface area (Å²) in [6.07, 6.45) is 2.35. The molecule has 4 heteroatoms. The summed E-state index contributed by atoms with van der Waals surface area (Å²) in [5.41, 5.74) is 2.40. The monoisotopic (exact) mass is 290 g/mol. The average molecular weight is 290 g/mol. The lowest BCUT2D eigenvalue weighted by atomic mass is 10.1. The number of rotatable bonds is 5. The summed E-state index contributed by atoms with van der Waals surface area (Å²) in [7, 11) is 4.06. The molecule has 1 aliphatic heterocycles. The predicted molar refractivity (Wildman–Crippen MR) is 85.7 cm³/mol. The van der Waals surface area contributed by atoms with Crippen LogP contribution in [0.1, 0.15) is 25.3 Å². The van der Waals surface area contributed by atoms with Crippen molar-refractivity contribution in [3.05, 3.63) is 29.8 Å². The van der Waals surface area contributed by atoms with Crippen molar-refractivity contribution in [3.8, 4) is 0 Å². The molecule has 0 aliphatic carbocycles. The van der Waals surface area contributed by atoms with Gasteiger partial charge in [0, 0.05) is 32.7 Å². The number of ether oxygens (including phenoxy) is 1. The zero-order chi connectivity index (χ0) is 15.2. The van der Waals surface area contributed by atoms with Crippen LogP contribution in [0.5, 0.6) is 0 Å². The van der Waals surface area contributed by atoms with Crippen molar-refractivity contribution >= 4 is 11.6 Å². The van der Waals surface area contributed by atoms with Crippen molar-refractivity contribution in [2.24, 2.45) is 0 Å². The highest BCUT2D eigenvalue weighted by molar-refractivity contribution is 5.77. The van der Waals surface area contributed by atoms with Gasteiger partial charge < -0.3 is 14.5 Å². The van der Waals surface area contributed by atoms with Crippen molar-refractivity contribution in [2.75, 3.05) is 38.8 Å². The number of anilines is 1. The minimum absolute atomic E-state index is 0.252. The van der Waals surface area contributed by atoms with Crippen LogP contribution < -0.4 is 4.90 Å². The molecule has 1 heterocycles. The minimum Gasteiger partial charge on any atom is -0.378 e. The maximum absolute atomic E-state index is 12.4. The van der Waals surface area contributed by atoms with Crippen LogP contribution >= 0.6 is 0 Å². The summed E-state index contributed by atoms with van der Waals surface area (Å²) in [4.78, 5) is 16.5. The van der Waals surface area contributed by atoms with E-state index in [0.717, 1.165) is 19.4 Å². The number of carbonyl (C=O) groups excluding carboxylic acids is 1. The van der Waals surface area contributed by atoms with Crippen molar-refractivity contribution in [2.45, 2.75) is 32.2 Å². The van der Waals surface area contributed by atoms with E-state index in [-0.39, 0.29) is 11.9 Å². The second kappa shape index (κ2) is 7.46. The molecule has 116 valence electrons. The molecule has 1 aromatic rings. The number of benzene rings is 1. The fourth-order valence-corrected chi connectivity index (χ4v) is 2.68. The predicted octanol–water partition coefficient (Wildman–Crippen LogP) is 2.32. The third-order valence-corrected chi connectivity index (χ3v) is 4.10. The highest BCUT2D eigenvalue weighted by atomic mass is 16.5. The van der Waals surface area contributed by atoms with Crippen LogP contribution in [0, 0.1) is 0 Å². The first-order valence-corrected chi connectivity index (χ1v) is 7.75. The highest BCUT2D eigenvalue weighted by Crippen LogP contribution is 2.16. The zero-order valence-corrected chi connectivity index (χ0v) is 13.3. The van der Waals surface area contributed by atoms with E-state index in [0.29, 0.717) is 19.6 Å². The molecule has 0 radical (unpaired) electrons.